The number of carbonyl (C=O) groups is 2. The second-order valence-electron chi connectivity index (χ2n) is 7.29. The van der Waals surface area contributed by atoms with Gasteiger partial charge in [-0.1, -0.05) is 59.6 Å². The zero-order chi connectivity index (χ0) is 21.1. The number of aryl methyl sites for hydroxylation is 1. The third kappa shape index (κ3) is 4.29. The summed E-state index contributed by atoms with van der Waals surface area (Å²) < 4.78 is 1.63. The Morgan fingerprint density at radius 2 is 1.63 bits per heavy atom. The molecule has 0 saturated carbocycles. The first kappa shape index (κ1) is 19.9. The van der Waals surface area contributed by atoms with E-state index in [0.717, 1.165) is 27.6 Å². The first-order valence-electron chi connectivity index (χ1n) is 9.73. The van der Waals surface area contributed by atoms with Crippen molar-refractivity contribution in [3.63, 3.8) is 0 Å². The highest BCUT2D eigenvalue weighted by Crippen LogP contribution is 2.23. The fourth-order valence-corrected chi connectivity index (χ4v) is 3.56. The minimum atomic E-state index is -0.112. The third-order valence-corrected chi connectivity index (χ3v) is 5.32. The Hall–Kier alpha value is -3.37. The van der Waals surface area contributed by atoms with E-state index in [1.54, 1.807) is 22.9 Å². The van der Waals surface area contributed by atoms with Crippen molar-refractivity contribution in [1.29, 1.82) is 0 Å². The van der Waals surface area contributed by atoms with Crippen molar-refractivity contribution in [2.45, 2.75) is 19.9 Å². The minimum Gasteiger partial charge on any atom is -0.352 e. The fourth-order valence-electron chi connectivity index (χ4n) is 3.43. The van der Waals surface area contributed by atoms with Gasteiger partial charge >= 0.3 is 0 Å². The van der Waals surface area contributed by atoms with Gasteiger partial charge in [-0.25, -0.2) is 0 Å². The van der Waals surface area contributed by atoms with Crippen LogP contribution in [0.15, 0.2) is 79.0 Å². The minimum absolute atomic E-state index is 0.101. The van der Waals surface area contributed by atoms with Gasteiger partial charge in [0.25, 0.3) is 5.91 Å². The number of amides is 1. The maximum atomic E-state index is 13.1. The number of halogens is 1. The van der Waals surface area contributed by atoms with Gasteiger partial charge in [-0.3, -0.25) is 14.2 Å². The highest BCUT2D eigenvalue weighted by Gasteiger charge is 2.16. The molecule has 4 nitrogen and oxygen atoms in total. The van der Waals surface area contributed by atoms with Gasteiger partial charge in [0.15, 0.2) is 0 Å². The van der Waals surface area contributed by atoms with Crippen LogP contribution < -0.4 is 5.32 Å². The molecule has 0 aliphatic heterocycles. The van der Waals surface area contributed by atoms with Crippen molar-refractivity contribution < 1.29 is 9.59 Å². The van der Waals surface area contributed by atoms with Crippen LogP contribution in [-0.2, 0) is 17.8 Å². The Morgan fingerprint density at radius 1 is 0.933 bits per heavy atom. The van der Waals surface area contributed by atoms with Crippen LogP contribution in [0.25, 0.3) is 10.9 Å². The van der Waals surface area contributed by atoms with Crippen LogP contribution in [0.2, 0.25) is 5.02 Å². The van der Waals surface area contributed by atoms with Crippen LogP contribution in [0.1, 0.15) is 27.0 Å². The Labute approximate surface area is 180 Å². The van der Waals surface area contributed by atoms with Crippen molar-refractivity contribution >= 4 is 34.3 Å². The maximum absolute atomic E-state index is 13.1. The topological polar surface area (TPSA) is 51.1 Å². The van der Waals surface area contributed by atoms with E-state index in [1.807, 2.05) is 67.6 Å². The molecule has 0 spiro atoms. The molecule has 0 unspecified atom stereocenters. The molecule has 0 aliphatic rings. The zero-order valence-corrected chi connectivity index (χ0v) is 17.3. The highest BCUT2D eigenvalue weighted by molar-refractivity contribution is 6.30. The van der Waals surface area contributed by atoms with Crippen molar-refractivity contribution in [3.8, 4) is 0 Å². The predicted molar refractivity (Wildman–Crippen MR) is 120 cm³/mol. The zero-order valence-electron chi connectivity index (χ0n) is 16.6. The maximum Gasteiger partial charge on any atom is 0.262 e. The monoisotopic (exact) mass is 416 g/mol. The quantitative estimate of drug-likeness (QED) is 0.489. The smallest absolute Gasteiger partial charge is 0.262 e. The molecule has 1 amide bonds. The van der Waals surface area contributed by atoms with Crippen LogP contribution in [0.5, 0.6) is 0 Å². The molecule has 0 radical (unpaired) electrons. The third-order valence-electron chi connectivity index (χ3n) is 5.07. The second kappa shape index (κ2) is 8.56. The van der Waals surface area contributed by atoms with Crippen molar-refractivity contribution in [2.75, 3.05) is 0 Å². The van der Waals surface area contributed by atoms with Gasteiger partial charge in [0.2, 0.25) is 5.91 Å². The molecule has 0 atom stereocenters. The number of hydrogen-bond acceptors (Lipinski definition) is 2. The normalized spacial score (nSPS) is 10.9. The summed E-state index contributed by atoms with van der Waals surface area (Å²) in [7, 11) is 0. The summed E-state index contributed by atoms with van der Waals surface area (Å²) >= 11 is 5.90. The van der Waals surface area contributed by atoms with Gasteiger partial charge in [-0.15, -0.1) is 0 Å². The molecule has 0 saturated heterocycles. The summed E-state index contributed by atoms with van der Waals surface area (Å²) in [5.74, 6) is -0.213. The molecular formula is C25H21ClN2O2. The average Bonchev–Trinajstić information content (AvgIpc) is 3.12. The second-order valence-corrected chi connectivity index (χ2v) is 7.73. The lowest BCUT2D eigenvalue weighted by molar-refractivity contribution is -0.120. The molecule has 5 heteroatoms. The predicted octanol–water partition coefficient (Wildman–Crippen LogP) is 5.15. The largest absolute Gasteiger partial charge is 0.352 e. The van der Waals surface area contributed by atoms with Gasteiger partial charge in [-0.2, -0.15) is 0 Å². The molecule has 4 rings (SSSR count). The van der Waals surface area contributed by atoms with Crippen LogP contribution >= 0.6 is 11.6 Å². The number of aromatic nitrogens is 1. The van der Waals surface area contributed by atoms with Gasteiger partial charge in [0.1, 0.15) is 0 Å². The lowest BCUT2D eigenvalue weighted by atomic mass is 10.1. The van der Waals surface area contributed by atoms with Gasteiger partial charge in [-0.05, 0) is 48.4 Å². The Morgan fingerprint density at radius 3 is 2.37 bits per heavy atom. The number of benzene rings is 3. The number of para-hydroxylation sites is 1. The SMILES string of the molecule is Cc1ccc(C(=O)n2cc(CC(=O)NCc3ccc(Cl)cc3)c3ccccc32)cc1. The molecule has 150 valence electrons. The number of rotatable bonds is 5. The summed E-state index contributed by atoms with van der Waals surface area (Å²) in [6.45, 7) is 2.41. The number of fused-ring (bicyclic) bond motifs is 1. The lowest BCUT2D eigenvalue weighted by Gasteiger charge is -2.05. The van der Waals surface area contributed by atoms with Crippen molar-refractivity contribution in [2.24, 2.45) is 0 Å². The fraction of sp³-hybridized carbons (Fsp3) is 0.120. The molecular weight excluding hydrogens is 396 g/mol. The number of carbonyl (C=O) groups excluding carboxylic acids is 2. The van der Waals surface area contributed by atoms with Crippen molar-refractivity contribution in [1.82, 2.24) is 9.88 Å². The highest BCUT2D eigenvalue weighted by atomic mass is 35.5. The molecule has 3 aromatic carbocycles. The van der Waals surface area contributed by atoms with Crippen LogP contribution in [0.3, 0.4) is 0 Å². The lowest BCUT2D eigenvalue weighted by Crippen LogP contribution is -2.24. The Bertz CT molecular complexity index is 1210. The van der Waals surface area contributed by atoms with E-state index in [-0.39, 0.29) is 18.2 Å². The van der Waals surface area contributed by atoms with E-state index in [2.05, 4.69) is 5.32 Å². The number of hydrogen-bond donors (Lipinski definition) is 1. The number of nitrogens with one attached hydrogen (secondary N) is 1. The van der Waals surface area contributed by atoms with Gasteiger partial charge in [0, 0.05) is 28.7 Å². The molecule has 4 aromatic rings. The molecule has 0 aliphatic carbocycles. The molecule has 1 aromatic heterocycles. The van der Waals surface area contributed by atoms with E-state index >= 15 is 0 Å². The van der Waals surface area contributed by atoms with Gasteiger partial charge in [0.05, 0.1) is 11.9 Å². The molecule has 30 heavy (non-hydrogen) atoms. The van der Waals surface area contributed by atoms with Gasteiger partial charge < -0.3 is 5.32 Å². The van der Waals surface area contributed by atoms with E-state index in [1.165, 1.54) is 0 Å². The molecule has 1 heterocycles. The van der Waals surface area contributed by atoms with Crippen LogP contribution in [0.4, 0.5) is 0 Å². The summed E-state index contributed by atoms with van der Waals surface area (Å²) in [5.41, 5.74) is 4.30. The van der Waals surface area contributed by atoms with Crippen LogP contribution in [0, 0.1) is 6.92 Å². The first-order valence-corrected chi connectivity index (χ1v) is 10.1. The molecule has 1 N–H and O–H groups in total. The summed E-state index contributed by atoms with van der Waals surface area (Å²) in [6.07, 6.45) is 1.97. The first-order chi connectivity index (χ1) is 14.5. The Kier molecular flexibility index (Phi) is 5.68. The summed E-state index contributed by atoms with van der Waals surface area (Å²) in [6, 6.07) is 22.5. The molecule has 0 bridgehead atoms. The van der Waals surface area contributed by atoms with E-state index in [4.69, 9.17) is 11.6 Å². The van der Waals surface area contributed by atoms with Crippen LogP contribution in [-0.4, -0.2) is 16.4 Å². The van der Waals surface area contributed by atoms with Crippen molar-refractivity contribution in [3.05, 3.63) is 106 Å². The summed E-state index contributed by atoms with van der Waals surface area (Å²) in [4.78, 5) is 25.6. The molecule has 0 fully saturated rings. The standard InChI is InChI=1S/C25H21ClN2O2/c1-17-6-10-19(11-7-17)25(30)28-16-20(22-4-2-3-5-23(22)28)14-24(29)27-15-18-8-12-21(26)13-9-18/h2-13,16H,14-15H2,1H3,(H,27,29). The van der Waals surface area contributed by atoms with E-state index in [0.29, 0.717) is 17.1 Å². The summed E-state index contributed by atoms with van der Waals surface area (Å²) in [5, 5.41) is 4.50. The number of nitrogens with zero attached hydrogens (tertiary/aromatic N) is 1. The Balaban J connectivity index is 1.55. The van der Waals surface area contributed by atoms with E-state index < -0.39 is 0 Å². The van der Waals surface area contributed by atoms with E-state index in [9.17, 15) is 9.59 Å². The average molecular weight is 417 g/mol.